The summed E-state index contributed by atoms with van der Waals surface area (Å²) in [6, 6.07) is 1.22. The molecule has 1 N–H and O–H groups in total. The molecule has 0 radical (unpaired) electrons. The standard InChI is InChI=1S/C12H26N2O/c1-4-7-14(5-2)11(3)9-12-10-15-8-6-13-12/h11-13H,4-10H2,1-3H3. The third kappa shape index (κ3) is 4.49. The Bertz CT molecular complexity index is 158. The van der Waals surface area contributed by atoms with Gasteiger partial charge in [-0.1, -0.05) is 13.8 Å². The van der Waals surface area contributed by atoms with Gasteiger partial charge in [0.1, 0.15) is 0 Å². The lowest BCUT2D eigenvalue weighted by atomic mass is 10.1. The first-order chi connectivity index (χ1) is 7.27. The molecule has 1 heterocycles. The number of morpholine rings is 1. The lowest BCUT2D eigenvalue weighted by Gasteiger charge is -2.32. The minimum atomic E-state index is 0.555. The molecule has 0 amide bonds. The zero-order valence-electron chi connectivity index (χ0n) is 10.5. The molecule has 15 heavy (non-hydrogen) atoms. The van der Waals surface area contributed by atoms with Crippen molar-refractivity contribution in [3.8, 4) is 0 Å². The predicted molar refractivity (Wildman–Crippen MR) is 64.2 cm³/mol. The number of hydrogen-bond donors (Lipinski definition) is 1. The molecule has 2 atom stereocenters. The number of rotatable bonds is 6. The number of hydrogen-bond acceptors (Lipinski definition) is 3. The average Bonchev–Trinajstić information content (AvgIpc) is 2.27. The Morgan fingerprint density at radius 2 is 2.27 bits per heavy atom. The van der Waals surface area contributed by atoms with Crippen molar-refractivity contribution in [2.24, 2.45) is 0 Å². The number of nitrogens with one attached hydrogen (secondary N) is 1. The second kappa shape index (κ2) is 7.20. The van der Waals surface area contributed by atoms with Gasteiger partial charge in [-0.15, -0.1) is 0 Å². The van der Waals surface area contributed by atoms with Gasteiger partial charge in [0.15, 0.2) is 0 Å². The van der Waals surface area contributed by atoms with Gasteiger partial charge >= 0.3 is 0 Å². The summed E-state index contributed by atoms with van der Waals surface area (Å²) in [5.41, 5.74) is 0. The zero-order chi connectivity index (χ0) is 11.1. The molecule has 0 saturated carbocycles. The van der Waals surface area contributed by atoms with E-state index in [1.165, 1.54) is 19.4 Å². The molecule has 2 unspecified atom stereocenters. The van der Waals surface area contributed by atoms with Crippen molar-refractivity contribution >= 4 is 0 Å². The molecule has 0 bridgehead atoms. The first-order valence-electron chi connectivity index (χ1n) is 6.33. The van der Waals surface area contributed by atoms with Gasteiger partial charge in [-0.2, -0.15) is 0 Å². The monoisotopic (exact) mass is 214 g/mol. The molecule has 1 aliphatic heterocycles. The Hall–Kier alpha value is -0.120. The van der Waals surface area contributed by atoms with E-state index in [4.69, 9.17) is 4.74 Å². The summed E-state index contributed by atoms with van der Waals surface area (Å²) in [6.45, 7) is 12.0. The first-order valence-corrected chi connectivity index (χ1v) is 6.33. The Labute approximate surface area is 94.2 Å². The quantitative estimate of drug-likeness (QED) is 0.725. The molecule has 0 aromatic rings. The van der Waals surface area contributed by atoms with E-state index in [2.05, 4.69) is 31.0 Å². The lowest BCUT2D eigenvalue weighted by molar-refractivity contribution is 0.0624. The fourth-order valence-electron chi connectivity index (χ4n) is 2.31. The SMILES string of the molecule is CCCN(CC)C(C)CC1COCCN1. The van der Waals surface area contributed by atoms with Gasteiger partial charge in [0.25, 0.3) is 0 Å². The van der Waals surface area contributed by atoms with Crippen LogP contribution in [0, 0.1) is 0 Å². The molecule has 3 heteroatoms. The van der Waals surface area contributed by atoms with Crippen LogP contribution in [-0.2, 0) is 4.74 Å². The van der Waals surface area contributed by atoms with E-state index in [0.717, 1.165) is 26.3 Å². The van der Waals surface area contributed by atoms with E-state index in [0.29, 0.717) is 12.1 Å². The number of nitrogens with zero attached hydrogens (tertiary/aromatic N) is 1. The summed E-state index contributed by atoms with van der Waals surface area (Å²) in [5.74, 6) is 0. The van der Waals surface area contributed by atoms with Crippen LogP contribution in [0.2, 0.25) is 0 Å². The first kappa shape index (κ1) is 12.9. The largest absolute Gasteiger partial charge is 0.379 e. The predicted octanol–water partition coefficient (Wildman–Crippen LogP) is 1.49. The van der Waals surface area contributed by atoms with E-state index >= 15 is 0 Å². The van der Waals surface area contributed by atoms with Crippen molar-refractivity contribution in [3.05, 3.63) is 0 Å². The molecule has 0 spiro atoms. The topological polar surface area (TPSA) is 24.5 Å². The fraction of sp³-hybridized carbons (Fsp3) is 1.00. The maximum Gasteiger partial charge on any atom is 0.0620 e. The smallest absolute Gasteiger partial charge is 0.0620 e. The molecular formula is C12H26N2O. The second-order valence-electron chi connectivity index (χ2n) is 4.44. The molecule has 1 rings (SSSR count). The van der Waals surface area contributed by atoms with Crippen LogP contribution in [0.4, 0.5) is 0 Å². The Kier molecular flexibility index (Phi) is 6.22. The van der Waals surface area contributed by atoms with E-state index in [9.17, 15) is 0 Å². The highest BCUT2D eigenvalue weighted by Gasteiger charge is 2.19. The summed E-state index contributed by atoms with van der Waals surface area (Å²) >= 11 is 0. The molecule has 1 saturated heterocycles. The van der Waals surface area contributed by atoms with Crippen molar-refractivity contribution in [1.29, 1.82) is 0 Å². The normalized spacial score (nSPS) is 24.4. The van der Waals surface area contributed by atoms with Gasteiger partial charge in [-0.3, -0.25) is 0 Å². The van der Waals surface area contributed by atoms with Crippen LogP contribution in [0.3, 0.4) is 0 Å². The summed E-state index contributed by atoms with van der Waals surface area (Å²) in [6.07, 6.45) is 2.45. The van der Waals surface area contributed by atoms with Crippen molar-refractivity contribution < 1.29 is 4.74 Å². The van der Waals surface area contributed by atoms with Crippen molar-refractivity contribution in [3.63, 3.8) is 0 Å². The fourth-order valence-corrected chi connectivity index (χ4v) is 2.31. The van der Waals surface area contributed by atoms with Gasteiger partial charge in [0, 0.05) is 18.6 Å². The van der Waals surface area contributed by atoms with Crippen LogP contribution in [0.5, 0.6) is 0 Å². The molecule has 0 aromatic heterocycles. The molecular weight excluding hydrogens is 188 g/mol. The highest BCUT2D eigenvalue weighted by molar-refractivity contribution is 4.77. The van der Waals surface area contributed by atoms with Crippen LogP contribution < -0.4 is 5.32 Å². The number of ether oxygens (including phenoxy) is 1. The summed E-state index contributed by atoms with van der Waals surface area (Å²) in [7, 11) is 0. The Morgan fingerprint density at radius 1 is 1.47 bits per heavy atom. The van der Waals surface area contributed by atoms with Crippen LogP contribution >= 0.6 is 0 Å². The molecule has 0 aromatic carbocycles. The molecule has 1 aliphatic rings. The highest BCUT2D eigenvalue weighted by Crippen LogP contribution is 2.09. The van der Waals surface area contributed by atoms with Crippen molar-refractivity contribution in [1.82, 2.24) is 10.2 Å². The summed E-state index contributed by atoms with van der Waals surface area (Å²) in [5, 5.41) is 3.52. The molecule has 90 valence electrons. The van der Waals surface area contributed by atoms with Crippen molar-refractivity contribution in [2.45, 2.75) is 45.7 Å². The minimum Gasteiger partial charge on any atom is -0.379 e. The van der Waals surface area contributed by atoms with E-state index in [1.54, 1.807) is 0 Å². The van der Waals surface area contributed by atoms with Gasteiger partial charge in [-0.05, 0) is 32.9 Å². The third-order valence-electron chi connectivity index (χ3n) is 3.16. The summed E-state index contributed by atoms with van der Waals surface area (Å²) in [4.78, 5) is 2.55. The maximum atomic E-state index is 5.48. The molecule has 1 fully saturated rings. The zero-order valence-corrected chi connectivity index (χ0v) is 10.5. The molecule has 0 aliphatic carbocycles. The van der Waals surface area contributed by atoms with E-state index < -0.39 is 0 Å². The van der Waals surface area contributed by atoms with Crippen molar-refractivity contribution in [2.75, 3.05) is 32.8 Å². The van der Waals surface area contributed by atoms with Crippen LogP contribution in [0.15, 0.2) is 0 Å². The van der Waals surface area contributed by atoms with Gasteiger partial charge in [-0.25, -0.2) is 0 Å². The van der Waals surface area contributed by atoms with Gasteiger partial charge in [0.05, 0.1) is 13.2 Å². The Balaban J connectivity index is 2.27. The van der Waals surface area contributed by atoms with Gasteiger partial charge < -0.3 is 15.0 Å². The van der Waals surface area contributed by atoms with E-state index in [-0.39, 0.29) is 0 Å². The van der Waals surface area contributed by atoms with Crippen LogP contribution in [-0.4, -0.2) is 49.8 Å². The van der Waals surface area contributed by atoms with E-state index in [1.807, 2.05) is 0 Å². The molecule has 3 nitrogen and oxygen atoms in total. The van der Waals surface area contributed by atoms with Crippen LogP contribution in [0.1, 0.15) is 33.6 Å². The maximum absolute atomic E-state index is 5.48. The summed E-state index contributed by atoms with van der Waals surface area (Å²) < 4.78 is 5.48. The van der Waals surface area contributed by atoms with Crippen LogP contribution in [0.25, 0.3) is 0 Å². The minimum absolute atomic E-state index is 0.555. The highest BCUT2D eigenvalue weighted by atomic mass is 16.5. The third-order valence-corrected chi connectivity index (χ3v) is 3.16. The van der Waals surface area contributed by atoms with Gasteiger partial charge in [0.2, 0.25) is 0 Å². The lowest BCUT2D eigenvalue weighted by Crippen LogP contribution is -2.46. The Morgan fingerprint density at radius 3 is 2.80 bits per heavy atom. The second-order valence-corrected chi connectivity index (χ2v) is 4.44. The average molecular weight is 214 g/mol.